The first-order valence-corrected chi connectivity index (χ1v) is 8.03. The second kappa shape index (κ2) is 8.49. The number of hydrogen-bond donors (Lipinski definition) is 0. The van der Waals surface area contributed by atoms with Crippen molar-refractivity contribution in [3.05, 3.63) is 53.2 Å². The number of alkyl halides is 6. The summed E-state index contributed by atoms with van der Waals surface area (Å²) in [5.74, 6) is -3.98. The molecule has 152 valence electrons. The zero-order valence-corrected chi connectivity index (χ0v) is 14.5. The largest absolute Gasteiger partial charge is 0.490 e. The van der Waals surface area contributed by atoms with Crippen LogP contribution in [0.1, 0.15) is 36.3 Å². The lowest BCUT2D eigenvalue weighted by Gasteiger charge is -2.07. The van der Waals surface area contributed by atoms with Crippen molar-refractivity contribution in [2.75, 3.05) is 6.61 Å². The van der Waals surface area contributed by atoms with Gasteiger partial charge in [-0.15, -0.1) is 0 Å². The Morgan fingerprint density at radius 1 is 1.14 bits per heavy atom. The molecule has 10 heteroatoms. The molecule has 0 aliphatic carbocycles. The van der Waals surface area contributed by atoms with Crippen LogP contribution in [0.25, 0.3) is 11.6 Å². The molecule has 1 aromatic heterocycles. The minimum Gasteiger partial charge on any atom is -0.459 e. The van der Waals surface area contributed by atoms with Crippen LogP contribution in [0, 0.1) is 0 Å². The van der Waals surface area contributed by atoms with Gasteiger partial charge in [-0.1, -0.05) is 30.3 Å². The van der Waals surface area contributed by atoms with Crippen LogP contribution < -0.4 is 0 Å². The molecule has 0 bridgehead atoms. The molecule has 0 atom stereocenters. The number of rotatable bonds is 6. The maximum Gasteiger partial charge on any atom is 0.490 e. The molecule has 0 radical (unpaired) electrons. The standard InChI is InChI=1S/C18H15F6NO3/c1-11(10-12-6-3-2-4-7-12)15-25-13(14(28-15)17(19,20)21)8-5-9-27-16(26)18(22,23)24/h2-4,6-7,10H,5,8-9H2,1H3/b11-10+. The van der Waals surface area contributed by atoms with Crippen molar-refractivity contribution < 1.29 is 40.3 Å². The molecule has 4 nitrogen and oxygen atoms in total. The summed E-state index contributed by atoms with van der Waals surface area (Å²) in [6.45, 7) is 0.824. The van der Waals surface area contributed by atoms with Gasteiger partial charge in [-0.25, -0.2) is 9.78 Å². The highest BCUT2D eigenvalue weighted by atomic mass is 19.4. The van der Waals surface area contributed by atoms with Crippen molar-refractivity contribution in [2.24, 2.45) is 0 Å². The van der Waals surface area contributed by atoms with Crippen LogP contribution in [0.3, 0.4) is 0 Å². The summed E-state index contributed by atoms with van der Waals surface area (Å²) in [5, 5.41) is 0. The first-order valence-electron chi connectivity index (χ1n) is 8.03. The third-order valence-corrected chi connectivity index (χ3v) is 3.50. The Kier molecular flexibility index (Phi) is 6.52. The van der Waals surface area contributed by atoms with Gasteiger partial charge in [-0.3, -0.25) is 0 Å². The van der Waals surface area contributed by atoms with Gasteiger partial charge in [0.1, 0.15) is 0 Å². The monoisotopic (exact) mass is 407 g/mol. The summed E-state index contributed by atoms with van der Waals surface area (Å²) in [5.41, 5.74) is 0.602. The smallest absolute Gasteiger partial charge is 0.459 e. The molecule has 0 fully saturated rings. The van der Waals surface area contributed by atoms with Crippen LogP contribution in [0.15, 0.2) is 34.7 Å². The highest BCUT2D eigenvalue weighted by Gasteiger charge is 2.41. The maximum atomic E-state index is 13.2. The first kappa shape index (κ1) is 21.5. The van der Waals surface area contributed by atoms with E-state index >= 15 is 0 Å². The predicted molar refractivity (Wildman–Crippen MR) is 86.8 cm³/mol. The summed E-state index contributed by atoms with van der Waals surface area (Å²) in [7, 11) is 0. The Labute approximate surface area is 155 Å². The molecule has 28 heavy (non-hydrogen) atoms. The Hall–Kier alpha value is -2.78. The Balaban J connectivity index is 2.13. The highest BCUT2D eigenvalue weighted by Crippen LogP contribution is 2.35. The van der Waals surface area contributed by atoms with Crippen LogP contribution in [-0.2, 0) is 22.1 Å². The second-order valence-electron chi connectivity index (χ2n) is 5.77. The Morgan fingerprint density at radius 3 is 2.36 bits per heavy atom. The average Bonchev–Trinajstić information content (AvgIpc) is 3.03. The van der Waals surface area contributed by atoms with Crippen LogP contribution in [0.5, 0.6) is 0 Å². The van der Waals surface area contributed by atoms with Gasteiger partial charge in [0.05, 0.1) is 12.3 Å². The quantitative estimate of drug-likeness (QED) is 0.371. The fraction of sp³-hybridized carbons (Fsp3) is 0.333. The van der Waals surface area contributed by atoms with Gasteiger partial charge in [0.2, 0.25) is 11.7 Å². The molecular weight excluding hydrogens is 392 g/mol. The van der Waals surface area contributed by atoms with Crippen LogP contribution in [0.2, 0.25) is 0 Å². The molecular formula is C18H15F6NO3. The molecule has 2 aromatic rings. The molecule has 0 aliphatic heterocycles. The zero-order valence-electron chi connectivity index (χ0n) is 14.5. The van der Waals surface area contributed by atoms with Crippen LogP contribution in [-0.4, -0.2) is 23.7 Å². The molecule has 0 spiro atoms. The molecule has 1 aromatic carbocycles. The lowest BCUT2D eigenvalue weighted by molar-refractivity contribution is -0.199. The number of hydrogen-bond acceptors (Lipinski definition) is 4. The molecule has 0 unspecified atom stereocenters. The molecule has 0 amide bonds. The van der Waals surface area contributed by atoms with E-state index in [2.05, 4.69) is 9.72 Å². The van der Waals surface area contributed by atoms with E-state index in [1.54, 1.807) is 36.4 Å². The molecule has 0 saturated carbocycles. The van der Waals surface area contributed by atoms with Crippen molar-refractivity contribution >= 4 is 17.6 Å². The number of esters is 1. The van der Waals surface area contributed by atoms with E-state index in [9.17, 15) is 31.1 Å². The normalized spacial score (nSPS) is 12.9. The first-order chi connectivity index (χ1) is 13.0. The molecule has 0 N–H and O–H groups in total. The van der Waals surface area contributed by atoms with E-state index in [4.69, 9.17) is 4.42 Å². The number of oxazole rings is 1. The number of nitrogens with zero attached hydrogens (tertiary/aromatic N) is 1. The minimum absolute atomic E-state index is 0.251. The Morgan fingerprint density at radius 2 is 1.79 bits per heavy atom. The third kappa shape index (κ3) is 5.86. The number of aryl methyl sites for hydroxylation is 1. The van der Waals surface area contributed by atoms with Crippen molar-refractivity contribution in [1.29, 1.82) is 0 Å². The number of carbonyl (C=O) groups excluding carboxylic acids is 1. The van der Waals surface area contributed by atoms with Gasteiger partial charge in [0, 0.05) is 5.57 Å². The molecule has 0 saturated heterocycles. The van der Waals surface area contributed by atoms with E-state index < -0.39 is 36.4 Å². The van der Waals surface area contributed by atoms with E-state index in [0.717, 1.165) is 5.56 Å². The van der Waals surface area contributed by atoms with Crippen molar-refractivity contribution in [1.82, 2.24) is 4.98 Å². The van der Waals surface area contributed by atoms with Gasteiger partial charge in [0.15, 0.2) is 0 Å². The van der Waals surface area contributed by atoms with Gasteiger partial charge in [-0.05, 0) is 31.4 Å². The van der Waals surface area contributed by atoms with Gasteiger partial charge in [-0.2, -0.15) is 26.3 Å². The van der Waals surface area contributed by atoms with Crippen LogP contribution >= 0.6 is 0 Å². The number of halogens is 6. The second-order valence-corrected chi connectivity index (χ2v) is 5.77. The van der Waals surface area contributed by atoms with E-state index in [-0.39, 0.29) is 18.7 Å². The van der Waals surface area contributed by atoms with E-state index in [0.29, 0.717) is 5.57 Å². The fourth-order valence-corrected chi connectivity index (χ4v) is 2.26. The number of benzene rings is 1. The van der Waals surface area contributed by atoms with Crippen LogP contribution in [0.4, 0.5) is 26.3 Å². The fourth-order valence-electron chi connectivity index (χ4n) is 2.26. The summed E-state index contributed by atoms with van der Waals surface area (Å²) in [6, 6.07) is 8.77. The lowest BCUT2D eigenvalue weighted by Crippen LogP contribution is -2.25. The van der Waals surface area contributed by atoms with Crippen molar-refractivity contribution in [3.8, 4) is 0 Å². The Bertz CT molecular complexity index is 837. The lowest BCUT2D eigenvalue weighted by atomic mass is 10.1. The number of aromatic nitrogens is 1. The molecule has 0 aliphatic rings. The molecule has 2 rings (SSSR count). The summed E-state index contributed by atoms with van der Waals surface area (Å²) < 4.78 is 84.4. The summed E-state index contributed by atoms with van der Waals surface area (Å²) in [4.78, 5) is 14.4. The van der Waals surface area contributed by atoms with Crippen molar-refractivity contribution in [2.45, 2.75) is 32.1 Å². The van der Waals surface area contributed by atoms with E-state index in [1.165, 1.54) is 6.92 Å². The SMILES string of the molecule is C/C(=C\c1ccccc1)c1nc(CCCOC(=O)C(F)(F)F)c(C(F)(F)F)o1. The predicted octanol–water partition coefficient (Wildman–Crippen LogP) is 5.29. The topological polar surface area (TPSA) is 52.3 Å². The summed E-state index contributed by atoms with van der Waals surface area (Å²) >= 11 is 0. The minimum atomic E-state index is -5.16. The highest BCUT2D eigenvalue weighted by molar-refractivity contribution is 5.76. The molecule has 1 heterocycles. The van der Waals surface area contributed by atoms with Gasteiger partial charge >= 0.3 is 18.3 Å². The number of ether oxygens (including phenoxy) is 1. The average molecular weight is 407 g/mol. The number of carbonyl (C=O) groups is 1. The maximum absolute atomic E-state index is 13.2. The van der Waals surface area contributed by atoms with Gasteiger partial charge in [0.25, 0.3) is 0 Å². The third-order valence-electron chi connectivity index (χ3n) is 3.50. The zero-order chi connectivity index (χ0) is 20.9. The van der Waals surface area contributed by atoms with Crippen molar-refractivity contribution in [3.63, 3.8) is 0 Å². The van der Waals surface area contributed by atoms with Gasteiger partial charge < -0.3 is 9.15 Å². The van der Waals surface area contributed by atoms with E-state index in [1.807, 2.05) is 0 Å². The number of allylic oxidation sites excluding steroid dienone is 1. The summed E-state index contributed by atoms with van der Waals surface area (Å²) in [6.07, 6.45) is -9.05.